The molecule has 6 nitrogen and oxygen atoms in total. The molecule has 0 saturated carbocycles. The standard InChI is InChI=1S/C25H48O6/c26-21-17-13-9-5-1-3-7-11-15-19-25(23(28)29,24(30)31)20-16-12-8-4-2-6-10-14-18-22-27/h26-27H,1-22H2,(H,28,29)(H,30,31). The summed E-state index contributed by atoms with van der Waals surface area (Å²) in [6.07, 6.45) is 18.6. The van der Waals surface area contributed by atoms with E-state index in [1.807, 2.05) is 0 Å². The quantitative estimate of drug-likeness (QED) is 0.108. The van der Waals surface area contributed by atoms with Crippen LogP contribution in [0.5, 0.6) is 0 Å². The van der Waals surface area contributed by atoms with Crippen LogP contribution in [-0.2, 0) is 9.59 Å². The number of hydrogen-bond donors (Lipinski definition) is 4. The van der Waals surface area contributed by atoms with Crippen molar-refractivity contribution in [3.63, 3.8) is 0 Å². The number of carboxylic acids is 2. The van der Waals surface area contributed by atoms with Gasteiger partial charge in [-0.3, -0.25) is 9.59 Å². The molecule has 4 N–H and O–H groups in total. The summed E-state index contributed by atoms with van der Waals surface area (Å²) in [7, 11) is 0. The Bertz CT molecular complexity index is 398. The van der Waals surface area contributed by atoms with Crippen LogP contribution in [0.25, 0.3) is 0 Å². The first-order chi connectivity index (χ1) is 15.0. The van der Waals surface area contributed by atoms with Crippen molar-refractivity contribution in [2.45, 2.75) is 128 Å². The van der Waals surface area contributed by atoms with Gasteiger partial charge < -0.3 is 20.4 Å². The van der Waals surface area contributed by atoms with Gasteiger partial charge in [0.15, 0.2) is 5.41 Å². The van der Waals surface area contributed by atoms with E-state index in [4.69, 9.17) is 10.2 Å². The highest BCUT2D eigenvalue weighted by atomic mass is 16.4. The summed E-state index contributed by atoms with van der Waals surface area (Å²) in [4.78, 5) is 23.7. The summed E-state index contributed by atoms with van der Waals surface area (Å²) in [5.74, 6) is -2.37. The highest BCUT2D eigenvalue weighted by molar-refractivity contribution is 5.98. The molecule has 31 heavy (non-hydrogen) atoms. The fourth-order valence-electron chi connectivity index (χ4n) is 4.20. The maximum atomic E-state index is 11.8. The lowest BCUT2D eigenvalue weighted by Crippen LogP contribution is -2.39. The third-order valence-electron chi connectivity index (χ3n) is 6.34. The number of rotatable bonds is 24. The van der Waals surface area contributed by atoms with Crippen LogP contribution in [-0.4, -0.2) is 45.6 Å². The van der Waals surface area contributed by atoms with E-state index >= 15 is 0 Å². The summed E-state index contributed by atoms with van der Waals surface area (Å²) in [5, 5.41) is 36.8. The molecule has 0 radical (unpaired) electrons. The molecule has 0 fully saturated rings. The zero-order valence-corrected chi connectivity index (χ0v) is 19.7. The molecule has 0 aliphatic heterocycles. The minimum atomic E-state index is -1.63. The van der Waals surface area contributed by atoms with Crippen molar-refractivity contribution in [2.24, 2.45) is 5.41 Å². The number of hydrogen-bond acceptors (Lipinski definition) is 4. The molecule has 0 atom stereocenters. The molecule has 0 rings (SSSR count). The Hall–Kier alpha value is -1.14. The van der Waals surface area contributed by atoms with E-state index in [1.165, 1.54) is 0 Å². The molecule has 0 aliphatic rings. The molecule has 0 aromatic heterocycles. The van der Waals surface area contributed by atoms with Crippen molar-refractivity contribution in [2.75, 3.05) is 13.2 Å². The van der Waals surface area contributed by atoms with Crippen molar-refractivity contribution in [1.29, 1.82) is 0 Å². The van der Waals surface area contributed by atoms with Crippen LogP contribution >= 0.6 is 0 Å². The molecule has 0 bridgehead atoms. The average Bonchev–Trinajstić information content (AvgIpc) is 2.74. The van der Waals surface area contributed by atoms with Gasteiger partial charge in [0.2, 0.25) is 0 Å². The zero-order valence-electron chi connectivity index (χ0n) is 19.7. The van der Waals surface area contributed by atoms with Gasteiger partial charge in [-0.2, -0.15) is 0 Å². The molecule has 6 heteroatoms. The summed E-state index contributed by atoms with van der Waals surface area (Å²) < 4.78 is 0. The number of aliphatic carboxylic acids is 2. The van der Waals surface area contributed by atoms with Crippen LogP contribution in [0.15, 0.2) is 0 Å². The van der Waals surface area contributed by atoms with Crippen molar-refractivity contribution in [3.05, 3.63) is 0 Å². The Morgan fingerprint density at radius 2 is 0.645 bits per heavy atom. The van der Waals surface area contributed by atoms with Crippen molar-refractivity contribution >= 4 is 11.9 Å². The third kappa shape index (κ3) is 15.3. The summed E-state index contributed by atoms with van der Waals surface area (Å²) >= 11 is 0. The van der Waals surface area contributed by atoms with E-state index < -0.39 is 17.4 Å². The molecule has 0 aliphatic carbocycles. The molecule has 0 aromatic carbocycles. The maximum Gasteiger partial charge on any atom is 0.321 e. The van der Waals surface area contributed by atoms with Crippen LogP contribution in [0.4, 0.5) is 0 Å². The van der Waals surface area contributed by atoms with Crippen LogP contribution in [0.1, 0.15) is 128 Å². The van der Waals surface area contributed by atoms with Gasteiger partial charge in [-0.25, -0.2) is 0 Å². The second-order valence-electron chi connectivity index (χ2n) is 9.00. The van der Waals surface area contributed by atoms with Crippen molar-refractivity contribution < 1.29 is 30.0 Å². The molecular weight excluding hydrogens is 396 g/mol. The highest BCUT2D eigenvalue weighted by Crippen LogP contribution is 2.33. The number of carboxylic acid groups (broad SMARTS) is 2. The van der Waals surface area contributed by atoms with Crippen LogP contribution in [0, 0.1) is 5.41 Å². The molecule has 0 unspecified atom stereocenters. The van der Waals surface area contributed by atoms with Gasteiger partial charge in [-0.05, 0) is 25.7 Å². The largest absolute Gasteiger partial charge is 0.480 e. The molecule has 0 spiro atoms. The van der Waals surface area contributed by atoms with Crippen molar-refractivity contribution in [3.8, 4) is 0 Å². The highest BCUT2D eigenvalue weighted by Gasteiger charge is 2.45. The lowest BCUT2D eigenvalue weighted by molar-refractivity contribution is -0.166. The number of aliphatic hydroxyl groups excluding tert-OH is 2. The normalized spacial score (nSPS) is 11.7. The van der Waals surface area contributed by atoms with Crippen LogP contribution < -0.4 is 0 Å². The Morgan fingerprint density at radius 1 is 0.419 bits per heavy atom. The van der Waals surface area contributed by atoms with E-state index in [0.717, 1.165) is 103 Å². The molecule has 184 valence electrons. The predicted octanol–water partition coefficient (Wildman–Crippen LogP) is 5.93. The van der Waals surface area contributed by atoms with Crippen molar-refractivity contribution in [1.82, 2.24) is 0 Å². The Labute approximate surface area is 189 Å². The lowest BCUT2D eigenvalue weighted by atomic mass is 9.78. The Balaban J connectivity index is 4.01. The van der Waals surface area contributed by atoms with Gasteiger partial charge in [-0.15, -0.1) is 0 Å². The van der Waals surface area contributed by atoms with E-state index in [1.54, 1.807) is 0 Å². The number of carbonyl (C=O) groups is 2. The van der Waals surface area contributed by atoms with E-state index in [0.29, 0.717) is 12.8 Å². The Kier molecular flexibility index (Phi) is 20.0. The minimum Gasteiger partial charge on any atom is -0.480 e. The smallest absolute Gasteiger partial charge is 0.321 e. The van der Waals surface area contributed by atoms with Gasteiger partial charge in [0.1, 0.15) is 0 Å². The summed E-state index contributed by atoms with van der Waals surface area (Å²) in [6, 6.07) is 0. The minimum absolute atomic E-state index is 0.221. The first-order valence-corrected chi connectivity index (χ1v) is 12.7. The fourth-order valence-corrected chi connectivity index (χ4v) is 4.20. The second-order valence-corrected chi connectivity index (χ2v) is 9.00. The van der Waals surface area contributed by atoms with Gasteiger partial charge in [0.05, 0.1) is 0 Å². The number of aliphatic hydroxyl groups is 2. The van der Waals surface area contributed by atoms with Gasteiger partial charge in [-0.1, -0.05) is 103 Å². The summed E-state index contributed by atoms with van der Waals surface area (Å²) in [6.45, 7) is 0.530. The third-order valence-corrected chi connectivity index (χ3v) is 6.34. The van der Waals surface area contributed by atoms with Crippen LogP contribution in [0.2, 0.25) is 0 Å². The maximum absolute atomic E-state index is 11.8. The van der Waals surface area contributed by atoms with E-state index in [2.05, 4.69) is 0 Å². The molecule has 0 amide bonds. The predicted molar refractivity (Wildman–Crippen MR) is 124 cm³/mol. The first-order valence-electron chi connectivity index (χ1n) is 12.7. The average molecular weight is 445 g/mol. The topological polar surface area (TPSA) is 115 Å². The van der Waals surface area contributed by atoms with Gasteiger partial charge in [0, 0.05) is 13.2 Å². The lowest BCUT2D eigenvalue weighted by Gasteiger charge is -2.25. The summed E-state index contributed by atoms with van der Waals surface area (Å²) in [5.41, 5.74) is -1.63. The SMILES string of the molecule is O=C(O)C(CCCCCCCCCCCO)(CCCCCCCCCCCO)C(=O)O. The van der Waals surface area contributed by atoms with E-state index in [-0.39, 0.29) is 26.1 Å². The first kappa shape index (κ1) is 29.9. The van der Waals surface area contributed by atoms with Crippen LogP contribution in [0.3, 0.4) is 0 Å². The second kappa shape index (κ2) is 20.7. The van der Waals surface area contributed by atoms with E-state index in [9.17, 15) is 19.8 Å². The van der Waals surface area contributed by atoms with Gasteiger partial charge in [0.25, 0.3) is 0 Å². The molecule has 0 saturated heterocycles. The zero-order chi connectivity index (χ0) is 23.2. The van der Waals surface area contributed by atoms with Gasteiger partial charge >= 0.3 is 11.9 Å². The monoisotopic (exact) mass is 444 g/mol. The Morgan fingerprint density at radius 3 is 0.871 bits per heavy atom. The molecule has 0 heterocycles. The molecule has 0 aromatic rings. The number of unbranched alkanes of at least 4 members (excludes halogenated alkanes) is 16. The molecular formula is C25H48O6. The fraction of sp³-hybridized carbons (Fsp3) is 0.920.